The summed E-state index contributed by atoms with van der Waals surface area (Å²) in [4.78, 5) is 5.57. The molecule has 2 rings (SSSR count). The van der Waals surface area contributed by atoms with Gasteiger partial charge in [-0.3, -0.25) is 4.84 Å². The Morgan fingerprint density at radius 2 is 1.80 bits per heavy atom. The summed E-state index contributed by atoms with van der Waals surface area (Å²) in [7, 11) is 0. The molecule has 0 fully saturated rings. The first-order valence-corrected chi connectivity index (χ1v) is 7.32. The van der Waals surface area contributed by atoms with Crippen molar-refractivity contribution in [3.8, 4) is 0 Å². The zero-order valence-electron chi connectivity index (χ0n) is 11.3. The van der Waals surface area contributed by atoms with E-state index in [2.05, 4.69) is 12.4 Å². The molecule has 0 aliphatic heterocycles. The van der Waals surface area contributed by atoms with Crippen molar-refractivity contribution >= 4 is 23.2 Å². The minimum Gasteiger partial charge on any atom is -0.296 e. The third-order valence-electron chi connectivity index (χ3n) is 3.06. The standard InChI is InChI=1S/C16H17Cl2NO/c1-2-16(13-8-9-14(17)15(18)10-13)19-20-11-12-6-4-3-5-7-12/h3-10,16,19H,2,11H2,1H3. The van der Waals surface area contributed by atoms with Gasteiger partial charge in [-0.05, 0) is 29.7 Å². The maximum absolute atomic E-state index is 6.04. The van der Waals surface area contributed by atoms with Crippen LogP contribution in [0.25, 0.3) is 0 Å². The highest BCUT2D eigenvalue weighted by molar-refractivity contribution is 6.42. The van der Waals surface area contributed by atoms with Crippen molar-refractivity contribution in [2.45, 2.75) is 26.0 Å². The van der Waals surface area contributed by atoms with E-state index in [9.17, 15) is 0 Å². The molecule has 0 heterocycles. The number of nitrogens with one attached hydrogen (secondary N) is 1. The SMILES string of the molecule is CCC(NOCc1ccccc1)c1ccc(Cl)c(Cl)c1. The summed E-state index contributed by atoms with van der Waals surface area (Å²) in [6, 6.07) is 15.8. The van der Waals surface area contributed by atoms with Crippen LogP contribution < -0.4 is 5.48 Å². The van der Waals surface area contributed by atoms with Crippen molar-refractivity contribution < 1.29 is 4.84 Å². The molecule has 4 heteroatoms. The third-order valence-corrected chi connectivity index (χ3v) is 3.80. The highest BCUT2D eigenvalue weighted by Gasteiger charge is 2.10. The molecule has 1 unspecified atom stereocenters. The first-order valence-electron chi connectivity index (χ1n) is 6.57. The lowest BCUT2D eigenvalue weighted by Gasteiger charge is -2.17. The van der Waals surface area contributed by atoms with E-state index in [4.69, 9.17) is 28.0 Å². The molecule has 1 atom stereocenters. The van der Waals surface area contributed by atoms with Crippen LogP contribution in [-0.4, -0.2) is 0 Å². The number of rotatable bonds is 6. The van der Waals surface area contributed by atoms with Crippen LogP contribution in [0, 0.1) is 0 Å². The third kappa shape index (κ3) is 4.22. The van der Waals surface area contributed by atoms with E-state index in [-0.39, 0.29) is 6.04 Å². The number of hydrogen-bond acceptors (Lipinski definition) is 2. The summed E-state index contributed by atoms with van der Waals surface area (Å²) in [6.45, 7) is 2.62. The van der Waals surface area contributed by atoms with Crippen LogP contribution in [0.2, 0.25) is 10.0 Å². The molecule has 106 valence electrons. The van der Waals surface area contributed by atoms with E-state index in [1.807, 2.05) is 42.5 Å². The second-order valence-electron chi connectivity index (χ2n) is 4.53. The molecule has 0 saturated heterocycles. The second-order valence-corrected chi connectivity index (χ2v) is 5.34. The topological polar surface area (TPSA) is 21.3 Å². The lowest BCUT2D eigenvalue weighted by Crippen LogP contribution is -2.21. The van der Waals surface area contributed by atoms with Crippen molar-refractivity contribution in [3.05, 3.63) is 69.7 Å². The maximum Gasteiger partial charge on any atom is 0.0933 e. The van der Waals surface area contributed by atoms with E-state index in [0.717, 1.165) is 17.5 Å². The fourth-order valence-corrected chi connectivity index (χ4v) is 2.22. The molecule has 0 aliphatic rings. The quantitative estimate of drug-likeness (QED) is 0.744. The van der Waals surface area contributed by atoms with Crippen molar-refractivity contribution in [1.29, 1.82) is 0 Å². The second kappa shape index (κ2) is 7.65. The van der Waals surface area contributed by atoms with E-state index in [0.29, 0.717) is 16.7 Å². The van der Waals surface area contributed by atoms with Gasteiger partial charge in [0.1, 0.15) is 0 Å². The van der Waals surface area contributed by atoms with Gasteiger partial charge in [0.05, 0.1) is 22.7 Å². The van der Waals surface area contributed by atoms with Gasteiger partial charge in [0.2, 0.25) is 0 Å². The summed E-state index contributed by atoms with van der Waals surface area (Å²) in [5, 5.41) is 1.13. The average Bonchev–Trinajstić information content (AvgIpc) is 2.48. The highest BCUT2D eigenvalue weighted by Crippen LogP contribution is 2.26. The van der Waals surface area contributed by atoms with Gasteiger partial charge in [-0.25, -0.2) is 0 Å². The Hall–Kier alpha value is -1.06. The first-order chi connectivity index (χ1) is 9.70. The van der Waals surface area contributed by atoms with Crippen molar-refractivity contribution in [2.75, 3.05) is 0 Å². The fraction of sp³-hybridized carbons (Fsp3) is 0.250. The molecule has 2 aromatic rings. The monoisotopic (exact) mass is 309 g/mol. The molecule has 0 amide bonds. The Labute approximate surface area is 129 Å². The maximum atomic E-state index is 6.04. The molecular formula is C16H17Cl2NO. The van der Waals surface area contributed by atoms with Crippen LogP contribution in [-0.2, 0) is 11.4 Å². The zero-order valence-corrected chi connectivity index (χ0v) is 12.8. The number of benzene rings is 2. The van der Waals surface area contributed by atoms with Crippen LogP contribution in [0.4, 0.5) is 0 Å². The van der Waals surface area contributed by atoms with Crippen molar-refractivity contribution in [2.24, 2.45) is 0 Å². The summed E-state index contributed by atoms with van der Waals surface area (Å²) in [6.07, 6.45) is 0.896. The smallest absolute Gasteiger partial charge is 0.0933 e. The average molecular weight is 310 g/mol. The number of hydroxylamine groups is 1. The van der Waals surface area contributed by atoms with Gasteiger partial charge in [-0.15, -0.1) is 0 Å². The summed E-state index contributed by atoms with van der Waals surface area (Å²) < 4.78 is 0. The van der Waals surface area contributed by atoms with Gasteiger partial charge < -0.3 is 0 Å². The van der Waals surface area contributed by atoms with Crippen LogP contribution >= 0.6 is 23.2 Å². The predicted molar refractivity (Wildman–Crippen MR) is 83.9 cm³/mol. The van der Waals surface area contributed by atoms with Crippen LogP contribution in [0.5, 0.6) is 0 Å². The molecule has 0 radical (unpaired) electrons. The molecule has 0 aliphatic carbocycles. The Morgan fingerprint density at radius 3 is 2.45 bits per heavy atom. The van der Waals surface area contributed by atoms with Crippen molar-refractivity contribution in [3.63, 3.8) is 0 Å². The van der Waals surface area contributed by atoms with Crippen LogP contribution in [0.3, 0.4) is 0 Å². The van der Waals surface area contributed by atoms with Gasteiger partial charge in [-0.1, -0.05) is 66.5 Å². The molecule has 0 saturated carbocycles. The van der Waals surface area contributed by atoms with Gasteiger partial charge >= 0.3 is 0 Å². The summed E-state index contributed by atoms with van der Waals surface area (Å²) in [5.41, 5.74) is 5.27. The largest absolute Gasteiger partial charge is 0.296 e. The highest BCUT2D eigenvalue weighted by atomic mass is 35.5. The molecule has 0 bridgehead atoms. The molecule has 20 heavy (non-hydrogen) atoms. The van der Waals surface area contributed by atoms with E-state index < -0.39 is 0 Å². The Balaban J connectivity index is 1.93. The predicted octanol–water partition coefficient (Wildman–Crippen LogP) is 5.17. The Bertz CT molecular complexity index is 545. The lowest BCUT2D eigenvalue weighted by atomic mass is 10.1. The molecule has 1 N–H and O–H groups in total. The molecule has 2 aromatic carbocycles. The number of halogens is 2. The Morgan fingerprint density at radius 1 is 1.05 bits per heavy atom. The lowest BCUT2D eigenvalue weighted by molar-refractivity contribution is 0.00203. The van der Waals surface area contributed by atoms with Gasteiger partial charge in [0.15, 0.2) is 0 Å². The summed E-state index contributed by atoms with van der Waals surface area (Å²) >= 11 is 12.0. The first kappa shape index (κ1) is 15.3. The number of hydrogen-bond donors (Lipinski definition) is 1. The minimum absolute atomic E-state index is 0.0912. The zero-order chi connectivity index (χ0) is 14.4. The summed E-state index contributed by atoms with van der Waals surface area (Å²) in [5.74, 6) is 0. The van der Waals surface area contributed by atoms with Crippen LogP contribution in [0.1, 0.15) is 30.5 Å². The van der Waals surface area contributed by atoms with Crippen LogP contribution in [0.15, 0.2) is 48.5 Å². The Kier molecular flexibility index (Phi) is 5.86. The molecular weight excluding hydrogens is 293 g/mol. The van der Waals surface area contributed by atoms with E-state index in [1.54, 1.807) is 6.07 Å². The molecule has 0 spiro atoms. The van der Waals surface area contributed by atoms with E-state index >= 15 is 0 Å². The van der Waals surface area contributed by atoms with Crippen molar-refractivity contribution in [1.82, 2.24) is 5.48 Å². The normalized spacial score (nSPS) is 12.3. The van der Waals surface area contributed by atoms with Gasteiger partial charge in [0, 0.05) is 0 Å². The fourth-order valence-electron chi connectivity index (χ4n) is 1.92. The van der Waals surface area contributed by atoms with E-state index in [1.165, 1.54) is 0 Å². The molecule has 0 aromatic heterocycles. The molecule has 2 nitrogen and oxygen atoms in total. The van der Waals surface area contributed by atoms with Gasteiger partial charge in [0.25, 0.3) is 0 Å². The minimum atomic E-state index is 0.0912. The van der Waals surface area contributed by atoms with Gasteiger partial charge in [-0.2, -0.15) is 5.48 Å².